The summed E-state index contributed by atoms with van der Waals surface area (Å²) in [5, 5.41) is 2.89. The van der Waals surface area contributed by atoms with Crippen molar-refractivity contribution in [2.24, 2.45) is 0 Å². The van der Waals surface area contributed by atoms with Crippen LogP contribution in [0.25, 0.3) is 11.0 Å². The van der Waals surface area contributed by atoms with Gasteiger partial charge in [0, 0.05) is 12.6 Å². The largest absolute Gasteiger partial charge is 0.343 e. The summed E-state index contributed by atoms with van der Waals surface area (Å²) in [7, 11) is 0. The summed E-state index contributed by atoms with van der Waals surface area (Å²) in [6.45, 7) is 6.21. The van der Waals surface area contributed by atoms with E-state index in [9.17, 15) is 9.59 Å². The van der Waals surface area contributed by atoms with Crippen LogP contribution in [-0.2, 0) is 22.7 Å². The highest BCUT2D eigenvalue weighted by Gasteiger charge is 2.27. The number of hydrogen-bond donors (Lipinski definition) is 1. The molecule has 172 valence electrons. The van der Waals surface area contributed by atoms with Crippen LogP contribution >= 0.6 is 0 Å². The third kappa shape index (κ3) is 5.33. The first-order valence-corrected chi connectivity index (χ1v) is 11.8. The number of para-hydroxylation sites is 2. The standard InChI is InChI=1S/C27H32N4O2/c1-3-25(32)28-20(2)27-29-23-16-10-11-17-24(23)31(27)19-26(33)30(22-14-8-5-9-15-22)18-21-12-6-4-7-13-21/h3-4,6-7,10-13,16-17,20,22H,1,5,8-9,14-15,18-19H2,2H3,(H,28,32). The summed E-state index contributed by atoms with van der Waals surface area (Å²) in [4.78, 5) is 32.5. The maximum atomic E-state index is 13.8. The summed E-state index contributed by atoms with van der Waals surface area (Å²) >= 11 is 0. The summed E-state index contributed by atoms with van der Waals surface area (Å²) < 4.78 is 1.95. The van der Waals surface area contributed by atoms with Gasteiger partial charge in [-0.05, 0) is 43.5 Å². The zero-order chi connectivity index (χ0) is 23.2. The second-order valence-corrected chi connectivity index (χ2v) is 8.78. The first-order valence-electron chi connectivity index (χ1n) is 11.8. The molecule has 1 aromatic heterocycles. The van der Waals surface area contributed by atoms with Crippen molar-refractivity contribution in [1.82, 2.24) is 19.8 Å². The van der Waals surface area contributed by atoms with Gasteiger partial charge in [-0.25, -0.2) is 4.98 Å². The number of carbonyl (C=O) groups excluding carboxylic acids is 2. The molecule has 6 heteroatoms. The van der Waals surface area contributed by atoms with Gasteiger partial charge in [0.15, 0.2) is 0 Å². The normalized spacial score (nSPS) is 15.2. The van der Waals surface area contributed by atoms with Crippen molar-refractivity contribution in [3.05, 3.63) is 78.6 Å². The number of nitrogens with one attached hydrogen (secondary N) is 1. The smallest absolute Gasteiger partial charge is 0.243 e. The van der Waals surface area contributed by atoms with Crippen molar-refractivity contribution < 1.29 is 9.59 Å². The van der Waals surface area contributed by atoms with Crippen molar-refractivity contribution >= 4 is 22.8 Å². The number of aromatic nitrogens is 2. The molecule has 6 nitrogen and oxygen atoms in total. The first kappa shape index (κ1) is 22.8. The van der Waals surface area contributed by atoms with Crippen molar-refractivity contribution in [2.75, 3.05) is 0 Å². The molecule has 4 rings (SSSR count). The van der Waals surface area contributed by atoms with Gasteiger partial charge >= 0.3 is 0 Å². The van der Waals surface area contributed by atoms with Crippen molar-refractivity contribution in [3.8, 4) is 0 Å². The van der Waals surface area contributed by atoms with Crippen LogP contribution in [0, 0.1) is 0 Å². The van der Waals surface area contributed by atoms with E-state index in [1.165, 1.54) is 12.5 Å². The molecular weight excluding hydrogens is 412 g/mol. The van der Waals surface area contributed by atoms with Crippen LogP contribution in [0.4, 0.5) is 0 Å². The number of nitrogens with zero attached hydrogens (tertiary/aromatic N) is 3. The number of benzene rings is 2. The lowest BCUT2D eigenvalue weighted by Gasteiger charge is -2.35. The van der Waals surface area contributed by atoms with E-state index < -0.39 is 0 Å². The fourth-order valence-corrected chi connectivity index (χ4v) is 4.75. The second-order valence-electron chi connectivity index (χ2n) is 8.78. The van der Waals surface area contributed by atoms with E-state index >= 15 is 0 Å². The summed E-state index contributed by atoms with van der Waals surface area (Å²) in [6.07, 6.45) is 6.89. The molecule has 1 heterocycles. The van der Waals surface area contributed by atoms with E-state index in [2.05, 4.69) is 28.9 Å². The molecule has 1 unspecified atom stereocenters. The van der Waals surface area contributed by atoms with Gasteiger partial charge < -0.3 is 14.8 Å². The van der Waals surface area contributed by atoms with Crippen molar-refractivity contribution in [3.63, 3.8) is 0 Å². The van der Waals surface area contributed by atoms with Crippen LogP contribution < -0.4 is 5.32 Å². The maximum absolute atomic E-state index is 13.8. The molecule has 33 heavy (non-hydrogen) atoms. The highest BCUT2D eigenvalue weighted by Crippen LogP contribution is 2.26. The molecule has 1 saturated carbocycles. The van der Waals surface area contributed by atoms with Gasteiger partial charge in [0.25, 0.3) is 0 Å². The number of carbonyl (C=O) groups is 2. The number of fused-ring (bicyclic) bond motifs is 1. The minimum Gasteiger partial charge on any atom is -0.343 e. The van der Waals surface area contributed by atoms with E-state index in [1.54, 1.807) is 0 Å². The fourth-order valence-electron chi connectivity index (χ4n) is 4.75. The number of amides is 2. The molecule has 2 amide bonds. The lowest BCUT2D eigenvalue weighted by Crippen LogP contribution is -2.43. The van der Waals surface area contributed by atoms with Gasteiger partial charge in [-0.2, -0.15) is 0 Å². The van der Waals surface area contributed by atoms with E-state index in [0.29, 0.717) is 12.4 Å². The Hall–Kier alpha value is -3.41. The lowest BCUT2D eigenvalue weighted by molar-refractivity contribution is -0.135. The maximum Gasteiger partial charge on any atom is 0.243 e. The van der Waals surface area contributed by atoms with Crippen LogP contribution in [0.15, 0.2) is 67.3 Å². The molecule has 0 radical (unpaired) electrons. The average molecular weight is 445 g/mol. The highest BCUT2D eigenvalue weighted by molar-refractivity contribution is 5.87. The van der Waals surface area contributed by atoms with Gasteiger partial charge in [-0.3, -0.25) is 9.59 Å². The zero-order valence-electron chi connectivity index (χ0n) is 19.2. The quantitative estimate of drug-likeness (QED) is 0.509. The van der Waals surface area contributed by atoms with Gasteiger partial charge in [0.05, 0.1) is 17.1 Å². The van der Waals surface area contributed by atoms with Crippen LogP contribution in [0.1, 0.15) is 56.5 Å². The Morgan fingerprint density at radius 2 is 1.82 bits per heavy atom. The predicted octanol–water partition coefficient (Wildman–Crippen LogP) is 4.76. The van der Waals surface area contributed by atoms with Crippen molar-refractivity contribution in [1.29, 1.82) is 0 Å². The van der Waals surface area contributed by atoms with Crippen LogP contribution in [0.5, 0.6) is 0 Å². The van der Waals surface area contributed by atoms with E-state index in [1.807, 2.05) is 54.0 Å². The average Bonchev–Trinajstić information content (AvgIpc) is 3.22. The number of hydrogen-bond acceptors (Lipinski definition) is 3. The van der Waals surface area contributed by atoms with Gasteiger partial charge in [-0.1, -0.05) is 68.3 Å². The van der Waals surface area contributed by atoms with Crippen molar-refractivity contribution in [2.45, 2.75) is 64.2 Å². The SMILES string of the molecule is C=CC(=O)NC(C)c1nc2ccccc2n1CC(=O)N(Cc1ccccc1)C1CCCCC1. The molecule has 0 saturated heterocycles. The predicted molar refractivity (Wildman–Crippen MR) is 130 cm³/mol. The summed E-state index contributed by atoms with van der Waals surface area (Å²) in [5.74, 6) is 0.487. The van der Waals surface area contributed by atoms with Gasteiger partial charge in [0.2, 0.25) is 11.8 Å². The molecular formula is C27H32N4O2. The fraction of sp³-hybridized carbons (Fsp3) is 0.370. The molecule has 1 N–H and O–H groups in total. The third-order valence-electron chi connectivity index (χ3n) is 6.44. The summed E-state index contributed by atoms with van der Waals surface area (Å²) in [6, 6.07) is 17.9. The van der Waals surface area contributed by atoms with Crippen LogP contribution in [0.2, 0.25) is 0 Å². The monoisotopic (exact) mass is 444 g/mol. The van der Waals surface area contributed by atoms with Gasteiger partial charge in [-0.15, -0.1) is 0 Å². The Bertz CT molecular complexity index is 1120. The number of imidazole rings is 1. The molecule has 3 aromatic rings. The Balaban J connectivity index is 1.65. The van der Waals surface area contributed by atoms with E-state index in [4.69, 9.17) is 4.98 Å². The topological polar surface area (TPSA) is 67.2 Å². The minimum absolute atomic E-state index is 0.0809. The lowest BCUT2D eigenvalue weighted by atomic mass is 9.93. The first-order chi connectivity index (χ1) is 16.1. The minimum atomic E-state index is -0.354. The Morgan fingerprint density at radius 3 is 2.55 bits per heavy atom. The Kier molecular flexibility index (Phi) is 7.23. The Labute approximate surface area is 195 Å². The molecule has 0 bridgehead atoms. The van der Waals surface area contributed by atoms with Crippen LogP contribution in [-0.4, -0.2) is 32.3 Å². The molecule has 0 spiro atoms. The molecule has 1 aliphatic carbocycles. The Morgan fingerprint density at radius 1 is 1.12 bits per heavy atom. The summed E-state index contributed by atoms with van der Waals surface area (Å²) in [5.41, 5.74) is 2.84. The second kappa shape index (κ2) is 10.5. The third-order valence-corrected chi connectivity index (χ3v) is 6.44. The van der Waals surface area contributed by atoms with Gasteiger partial charge in [0.1, 0.15) is 12.4 Å². The molecule has 2 aromatic carbocycles. The zero-order valence-corrected chi connectivity index (χ0v) is 19.2. The molecule has 0 aliphatic heterocycles. The van der Waals surface area contributed by atoms with E-state index in [-0.39, 0.29) is 30.4 Å². The molecule has 1 aliphatic rings. The number of rotatable bonds is 8. The molecule has 1 atom stereocenters. The van der Waals surface area contributed by atoms with E-state index in [0.717, 1.165) is 42.3 Å². The highest BCUT2D eigenvalue weighted by atomic mass is 16.2. The van der Waals surface area contributed by atoms with Crippen LogP contribution in [0.3, 0.4) is 0 Å². The molecule has 1 fully saturated rings.